The number of fused-ring (bicyclic) bond motifs is 1. The molecule has 9 heteroatoms. The summed E-state index contributed by atoms with van der Waals surface area (Å²) in [5, 5.41) is 11.4. The van der Waals surface area contributed by atoms with E-state index < -0.39 is 15.8 Å². The summed E-state index contributed by atoms with van der Waals surface area (Å²) in [5.41, 5.74) is 3.37. The standard InChI is InChI=1S/C29H33FN4O3S/c1-4-5-19-38(36,37)34(18-17-33(2)3)24-14-12-23(13-15-24)31-28(21-9-7-6-8-10-21)27-25-16-11-22(30)20-26(25)32-29(27)35/h6-16,20,32,35H,4-5,17-19H2,1-3H3. The van der Waals surface area contributed by atoms with Gasteiger partial charge in [0.05, 0.1) is 33.9 Å². The first-order chi connectivity index (χ1) is 18.2. The SMILES string of the molecule is CCCCS(=O)(=O)N(CCN(C)C)c1ccc(N=C(c2ccccc2)c2c(O)[nH]c3cc(F)ccc23)cc1. The average Bonchev–Trinajstić information content (AvgIpc) is 3.21. The quantitative estimate of drug-likeness (QED) is 0.242. The van der Waals surface area contributed by atoms with Crippen molar-refractivity contribution in [3.63, 3.8) is 0 Å². The van der Waals surface area contributed by atoms with Crippen LogP contribution in [0, 0.1) is 5.82 Å². The van der Waals surface area contributed by atoms with Crippen molar-refractivity contribution in [2.45, 2.75) is 19.8 Å². The topological polar surface area (TPSA) is 89.0 Å². The Morgan fingerprint density at radius 2 is 1.71 bits per heavy atom. The molecule has 7 nitrogen and oxygen atoms in total. The molecule has 0 saturated carbocycles. The molecule has 0 spiro atoms. The van der Waals surface area contributed by atoms with Gasteiger partial charge in [0, 0.05) is 24.0 Å². The number of unbranched alkanes of at least 4 members (excludes halogenated alkanes) is 1. The van der Waals surface area contributed by atoms with Crippen LogP contribution in [0.3, 0.4) is 0 Å². The van der Waals surface area contributed by atoms with Crippen molar-refractivity contribution < 1.29 is 17.9 Å². The molecule has 0 unspecified atom stereocenters. The third-order valence-electron chi connectivity index (χ3n) is 6.25. The summed E-state index contributed by atoms with van der Waals surface area (Å²) in [7, 11) is 0.344. The van der Waals surface area contributed by atoms with E-state index in [1.165, 1.54) is 16.4 Å². The van der Waals surface area contributed by atoms with E-state index in [0.29, 0.717) is 53.1 Å². The zero-order chi connectivity index (χ0) is 27.3. The van der Waals surface area contributed by atoms with Crippen LogP contribution in [-0.4, -0.2) is 62.1 Å². The number of aromatic amines is 1. The number of aromatic nitrogens is 1. The maximum Gasteiger partial charge on any atom is 0.235 e. The lowest BCUT2D eigenvalue weighted by atomic mass is 10.0. The van der Waals surface area contributed by atoms with E-state index >= 15 is 0 Å². The number of anilines is 1. The number of rotatable bonds is 11. The molecule has 0 aliphatic rings. The molecular weight excluding hydrogens is 503 g/mol. The largest absolute Gasteiger partial charge is 0.494 e. The van der Waals surface area contributed by atoms with Crippen molar-refractivity contribution in [1.82, 2.24) is 9.88 Å². The smallest absolute Gasteiger partial charge is 0.235 e. The number of hydrogen-bond donors (Lipinski definition) is 2. The van der Waals surface area contributed by atoms with Crippen LogP contribution in [0.15, 0.2) is 77.8 Å². The number of benzene rings is 3. The molecule has 0 radical (unpaired) electrons. The summed E-state index contributed by atoms with van der Waals surface area (Å²) in [6, 6.07) is 20.8. The van der Waals surface area contributed by atoms with E-state index in [2.05, 4.69) is 4.98 Å². The summed E-state index contributed by atoms with van der Waals surface area (Å²) in [6.07, 6.45) is 1.39. The molecule has 0 amide bonds. The predicted octanol–water partition coefficient (Wildman–Crippen LogP) is 5.68. The highest BCUT2D eigenvalue weighted by Crippen LogP contribution is 2.32. The van der Waals surface area contributed by atoms with Gasteiger partial charge in [-0.3, -0.25) is 4.31 Å². The molecule has 38 heavy (non-hydrogen) atoms. The minimum Gasteiger partial charge on any atom is -0.494 e. The van der Waals surface area contributed by atoms with Gasteiger partial charge in [0.2, 0.25) is 10.0 Å². The molecular formula is C29H33FN4O3S. The van der Waals surface area contributed by atoms with Gasteiger partial charge in [-0.2, -0.15) is 0 Å². The molecule has 1 heterocycles. The number of halogens is 1. The molecule has 0 fully saturated rings. The Kier molecular flexibility index (Phi) is 8.48. The number of nitrogens with one attached hydrogen (secondary N) is 1. The number of sulfonamides is 1. The fraction of sp³-hybridized carbons (Fsp3) is 0.276. The van der Waals surface area contributed by atoms with Crippen molar-refractivity contribution in [1.29, 1.82) is 0 Å². The van der Waals surface area contributed by atoms with Crippen LogP contribution in [0.4, 0.5) is 15.8 Å². The molecule has 200 valence electrons. The minimum atomic E-state index is -3.48. The number of H-pyrrole nitrogens is 1. The molecule has 0 bridgehead atoms. The molecule has 0 aliphatic heterocycles. The van der Waals surface area contributed by atoms with Gasteiger partial charge in [-0.15, -0.1) is 0 Å². The highest BCUT2D eigenvalue weighted by molar-refractivity contribution is 7.92. The Bertz CT molecular complexity index is 1510. The Hall–Kier alpha value is -3.69. The normalized spacial score (nSPS) is 12.4. The van der Waals surface area contributed by atoms with E-state index in [-0.39, 0.29) is 11.6 Å². The van der Waals surface area contributed by atoms with Gasteiger partial charge in [-0.1, -0.05) is 43.7 Å². The Labute approximate surface area is 223 Å². The molecule has 0 saturated heterocycles. The maximum absolute atomic E-state index is 13.8. The molecule has 4 rings (SSSR count). The van der Waals surface area contributed by atoms with Crippen LogP contribution in [0.25, 0.3) is 10.9 Å². The lowest BCUT2D eigenvalue weighted by Gasteiger charge is -2.26. The van der Waals surface area contributed by atoms with Crippen LogP contribution < -0.4 is 4.31 Å². The number of nitrogens with zero attached hydrogens (tertiary/aromatic N) is 3. The van der Waals surface area contributed by atoms with Crippen LogP contribution >= 0.6 is 0 Å². The fourth-order valence-corrected chi connectivity index (χ4v) is 5.91. The Morgan fingerprint density at radius 3 is 2.37 bits per heavy atom. The number of likely N-dealkylation sites (N-methyl/N-ethyl adjacent to an activating group) is 1. The lowest BCUT2D eigenvalue weighted by Crippen LogP contribution is -2.38. The minimum absolute atomic E-state index is 0.0927. The number of aliphatic imine (C=N–C) groups is 1. The van der Waals surface area contributed by atoms with Gasteiger partial charge < -0.3 is 15.0 Å². The van der Waals surface area contributed by atoms with Crippen LogP contribution in [0.1, 0.15) is 30.9 Å². The average molecular weight is 537 g/mol. The fourth-order valence-electron chi connectivity index (χ4n) is 4.24. The molecule has 3 aromatic carbocycles. The van der Waals surface area contributed by atoms with E-state index in [4.69, 9.17) is 4.99 Å². The summed E-state index contributed by atoms with van der Waals surface area (Å²) in [4.78, 5) is 9.65. The van der Waals surface area contributed by atoms with Crippen molar-refractivity contribution in [3.05, 3.63) is 89.7 Å². The van der Waals surface area contributed by atoms with E-state index in [0.717, 1.165) is 12.0 Å². The van der Waals surface area contributed by atoms with Crippen molar-refractivity contribution >= 4 is 38.0 Å². The van der Waals surface area contributed by atoms with Gasteiger partial charge in [0.25, 0.3) is 0 Å². The summed E-state index contributed by atoms with van der Waals surface area (Å²) >= 11 is 0. The highest BCUT2D eigenvalue weighted by Gasteiger charge is 2.23. The molecule has 0 atom stereocenters. The first-order valence-corrected chi connectivity index (χ1v) is 14.2. The van der Waals surface area contributed by atoms with Crippen molar-refractivity contribution in [2.75, 3.05) is 37.2 Å². The third kappa shape index (κ3) is 6.23. The Balaban J connectivity index is 1.76. The van der Waals surface area contributed by atoms with Gasteiger partial charge in [0.1, 0.15) is 5.82 Å². The van der Waals surface area contributed by atoms with E-state index in [1.807, 2.05) is 56.3 Å². The van der Waals surface area contributed by atoms with Gasteiger partial charge in [0.15, 0.2) is 5.88 Å². The van der Waals surface area contributed by atoms with Crippen LogP contribution in [-0.2, 0) is 10.0 Å². The maximum atomic E-state index is 13.8. The molecule has 4 aromatic rings. The third-order valence-corrected chi connectivity index (χ3v) is 8.11. The lowest BCUT2D eigenvalue weighted by molar-refractivity contribution is 0.419. The Morgan fingerprint density at radius 1 is 1.00 bits per heavy atom. The van der Waals surface area contributed by atoms with Crippen LogP contribution in [0.5, 0.6) is 5.88 Å². The van der Waals surface area contributed by atoms with E-state index in [1.54, 1.807) is 30.3 Å². The first kappa shape index (κ1) is 27.3. The van der Waals surface area contributed by atoms with Gasteiger partial charge >= 0.3 is 0 Å². The highest BCUT2D eigenvalue weighted by atomic mass is 32.2. The summed E-state index contributed by atoms with van der Waals surface area (Å²) in [5.74, 6) is -0.427. The summed E-state index contributed by atoms with van der Waals surface area (Å²) < 4.78 is 41.5. The second-order valence-corrected chi connectivity index (χ2v) is 11.4. The first-order valence-electron chi connectivity index (χ1n) is 12.6. The predicted molar refractivity (Wildman–Crippen MR) is 153 cm³/mol. The number of hydrogen-bond acceptors (Lipinski definition) is 5. The van der Waals surface area contributed by atoms with Crippen molar-refractivity contribution in [3.8, 4) is 5.88 Å². The summed E-state index contributed by atoms with van der Waals surface area (Å²) in [6.45, 7) is 2.90. The monoisotopic (exact) mass is 536 g/mol. The van der Waals surface area contributed by atoms with E-state index in [9.17, 15) is 17.9 Å². The molecule has 1 aromatic heterocycles. The second kappa shape index (κ2) is 11.8. The zero-order valence-electron chi connectivity index (χ0n) is 21.9. The molecule has 0 aliphatic carbocycles. The van der Waals surface area contributed by atoms with Gasteiger partial charge in [-0.05, 0) is 63.0 Å². The van der Waals surface area contributed by atoms with Crippen molar-refractivity contribution in [2.24, 2.45) is 4.99 Å². The second-order valence-electron chi connectivity index (χ2n) is 9.43. The van der Waals surface area contributed by atoms with Crippen LogP contribution in [0.2, 0.25) is 0 Å². The zero-order valence-corrected chi connectivity index (χ0v) is 22.7. The number of aromatic hydroxyl groups is 1. The van der Waals surface area contributed by atoms with Gasteiger partial charge in [-0.25, -0.2) is 17.8 Å². The molecule has 2 N–H and O–H groups in total.